The number of ether oxygens (including phenoxy) is 2. The minimum absolute atomic E-state index is 0.0141. The van der Waals surface area contributed by atoms with Gasteiger partial charge in [-0.25, -0.2) is 13.4 Å². The van der Waals surface area contributed by atoms with Crippen molar-refractivity contribution in [3.63, 3.8) is 0 Å². The quantitative estimate of drug-likeness (QED) is 0.347. The van der Waals surface area contributed by atoms with Crippen molar-refractivity contribution in [1.82, 2.24) is 9.84 Å². The van der Waals surface area contributed by atoms with Crippen molar-refractivity contribution in [2.75, 3.05) is 13.2 Å². The topological polar surface area (TPSA) is 84.9 Å². The molecule has 0 amide bonds. The lowest BCUT2D eigenvalue weighted by Gasteiger charge is -2.25. The maximum atomic E-state index is 12.7. The number of hydrogen-bond donors (Lipinski definition) is 1. The van der Waals surface area contributed by atoms with Crippen LogP contribution < -0.4 is 14.3 Å². The molecular weight excluding hydrogens is 485 g/mol. The van der Waals surface area contributed by atoms with Crippen LogP contribution in [0.3, 0.4) is 0 Å². The van der Waals surface area contributed by atoms with Crippen LogP contribution in [0.4, 0.5) is 13.2 Å². The summed E-state index contributed by atoms with van der Waals surface area (Å²) in [5.41, 5.74) is 0.705. The highest BCUT2D eigenvalue weighted by Crippen LogP contribution is 2.33. The molecule has 0 bridgehead atoms. The van der Waals surface area contributed by atoms with E-state index in [-0.39, 0.29) is 22.6 Å². The molecule has 4 rings (SSSR count). The Morgan fingerprint density at radius 1 is 1.00 bits per heavy atom. The van der Waals surface area contributed by atoms with Crippen LogP contribution in [-0.4, -0.2) is 44.8 Å². The molecule has 7 nitrogen and oxygen atoms in total. The highest BCUT2D eigenvalue weighted by molar-refractivity contribution is 7.89. The van der Waals surface area contributed by atoms with Crippen LogP contribution in [-0.2, 0) is 10.0 Å². The maximum absolute atomic E-state index is 12.7. The van der Waals surface area contributed by atoms with E-state index in [1.165, 1.54) is 0 Å². The largest absolute Gasteiger partial charge is 0.573 e. The van der Waals surface area contributed by atoms with Crippen LogP contribution in [0.25, 0.3) is 0 Å². The maximum Gasteiger partial charge on any atom is 0.573 e. The van der Waals surface area contributed by atoms with E-state index in [4.69, 9.17) is 4.74 Å². The van der Waals surface area contributed by atoms with Crippen molar-refractivity contribution in [1.29, 1.82) is 0 Å². The summed E-state index contributed by atoms with van der Waals surface area (Å²) in [5, 5.41) is 1.66. The van der Waals surface area contributed by atoms with Gasteiger partial charge in [0.25, 0.3) is 10.0 Å². The number of ketones is 1. The summed E-state index contributed by atoms with van der Waals surface area (Å²) in [6.07, 6.45) is 0.142. The number of rotatable bonds is 11. The molecule has 1 saturated carbocycles. The average Bonchev–Trinajstić information content (AvgIpc) is 3.57. The number of hydrazine groups is 1. The van der Waals surface area contributed by atoms with Gasteiger partial charge in [-0.2, -0.15) is 0 Å². The van der Waals surface area contributed by atoms with E-state index in [0.717, 1.165) is 49.9 Å². The van der Waals surface area contributed by atoms with Gasteiger partial charge >= 0.3 is 6.36 Å². The molecule has 1 N–H and O–H groups in total. The Kier molecular flexibility index (Phi) is 7.67. The summed E-state index contributed by atoms with van der Waals surface area (Å²) < 4.78 is 71.9. The SMILES string of the molecule is O=C(c1ccc(OCCCC2CCCN2NS(=O)(=O)c2ccc(OC(F)(F)F)cc2)cc1)C1CC1. The molecule has 0 aromatic heterocycles. The summed E-state index contributed by atoms with van der Waals surface area (Å²) in [6, 6.07) is 11.2. The summed E-state index contributed by atoms with van der Waals surface area (Å²) in [5.74, 6) is 0.557. The van der Waals surface area contributed by atoms with E-state index in [9.17, 15) is 26.4 Å². The number of benzene rings is 2. The lowest BCUT2D eigenvalue weighted by atomic mass is 10.1. The van der Waals surface area contributed by atoms with Crippen molar-refractivity contribution in [2.24, 2.45) is 5.92 Å². The molecule has 1 aliphatic carbocycles. The standard InChI is InChI=1S/C24H27F3N2O5S/c25-24(26,27)34-21-11-13-22(14-12-21)35(31,32)28-29-15-1-3-19(29)4-2-16-33-20-9-7-18(8-10-20)23(30)17-5-6-17/h7-14,17,19,28H,1-6,15-16H2. The Morgan fingerprint density at radius 3 is 2.29 bits per heavy atom. The third kappa shape index (κ3) is 7.18. The van der Waals surface area contributed by atoms with Crippen molar-refractivity contribution in [2.45, 2.75) is 55.8 Å². The number of nitrogens with zero attached hydrogens (tertiary/aromatic N) is 1. The van der Waals surface area contributed by atoms with Crippen LogP contribution >= 0.6 is 0 Å². The summed E-state index contributed by atoms with van der Waals surface area (Å²) in [6.45, 7) is 0.990. The molecule has 1 saturated heterocycles. The molecule has 1 heterocycles. The molecule has 2 fully saturated rings. The normalized spacial score (nSPS) is 19.0. The van der Waals surface area contributed by atoms with Gasteiger partial charge in [0.05, 0.1) is 11.5 Å². The van der Waals surface area contributed by atoms with E-state index in [0.29, 0.717) is 37.3 Å². The van der Waals surface area contributed by atoms with Crippen molar-refractivity contribution >= 4 is 15.8 Å². The van der Waals surface area contributed by atoms with Crippen molar-refractivity contribution in [3.05, 3.63) is 54.1 Å². The lowest BCUT2D eigenvalue weighted by molar-refractivity contribution is -0.274. The van der Waals surface area contributed by atoms with Crippen LogP contribution in [0, 0.1) is 5.92 Å². The molecule has 1 aliphatic heterocycles. The molecule has 1 unspecified atom stereocenters. The van der Waals surface area contributed by atoms with Crippen molar-refractivity contribution in [3.8, 4) is 11.5 Å². The second-order valence-electron chi connectivity index (χ2n) is 8.76. The van der Waals surface area contributed by atoms with Gasteiger partial charge < -0.3 is 9.47 Å². The zero-order valence-corrected chi connectivity index (χ0v) is 19.8. The fourth-order valence-corrected chi connectivity index (χ4v) is 5.24. The van der Waals surface area contributed by atoms with E-state index >= 15 is 0 Å². The van der Waals surface area contributed by atoms with Gasteiger partial charge in [0.15, 0.2) is 5.78 Å². The molecular formula is C24H27F3N2O5S. The second-order valence-corrected chi connectivity index (χ2v) is 10.4. The molecule has 1 atom stereocenters. The smallest absolute Gasteiger partial charge is 0.494 e. The first-order chi connectivity index (χ1) is 16.6. The molecule has 190 valence electrons. The van der Waals surface area contributed by atoms with Crippen LogP contribution in [0.15, 0.2) is 53.4 Å². The van der Waals surface area contributed by atoms with Gasteiger partial charge in [-0.15, -0.1) is 18.0 Å². The Hall–Kier alpha value is -2.63. The molecule has 0 radical (unpaired) electrons. The van der Waals surface area contributed by atoms with E-state index in [1.54, 1.807) is 29.3 Å². The van der Waals surface area contributed by atoms with Gasteiger partial charge in [0, 0.05) is 24.1 Å². The van der Waals surface area contributed by atoms with E-state index in [2.05, 4.69) is 9.57 Å². The molecule has 2 aromatic rings. The Bertz CT molecular complexity index is 1120. The fourth-order valence-electron chi connectivity index (χ4n) is 4.09. The summed E-state index contributed by atoms with van der Waals surface area (Å²) in [4.78, 5) is 14.5. The van der Waals surface area contributed by atoms with Crippen LogP contribution in [0.2, 0.25) is 0 Å². The zero-order chi connectivity index (χ0) is 25.1. The Labute approximate surface area is 202 Å². The monoisotopic (exact) mass is 512 g/mol. The highest BCUT2D eigenvalue weighted by Gasteiger charge is 2.32. The van der Waals surface area contributed by atoms with E-state index in [1.807, 2.05) is 0 Å². The van der Waals surface area contributed by atoms with Crippen LogP contribution in [0.1, 0.15) is 48.9 Å². The first-order valence-corrected chi connectivity index (χ1v) is 13.0. The number of nitrogens with one attached hydrogen (secondary N) is 1. The fraction of sp³-hybridized carbons (Fsp3) is 0.458. The number of hydrogen-bond acceptors (Lipinski definition) is 6. The third-order valence-electron chi connectivity index (χ3n) is 6.02. The van der Waals surface area contributed by atoms with Gasteiger partial charge in [-0.1, -0.05) is 0 Å². The molecule has 35 heavy (non-hydrogen) atoms. The van der Waals surface area contributed by atoms with Gasteiger partial charge in [-0.3, -0.25) is 4.79 Å². The van der Waals surface area contributed by atoms with Crippen molar-refractivity contribution < 1.29 is 35.9 Å². The summed E-state index contributed by atoms with van der Waals surface area (Å²) >= 11 is 0. The number of alkyl halides is 3. The lowest BCUT2D eigenvalue weighted by Crippen LogP contribution is -2.45. The average molecular weight is 513 g/mol. The number of halogens is 3. The van der Waals surface area contributed by atoms with Crippen LogP contribution in [0.5, 0.6) is 11.5 Å². The van der Waals surface area contributed by atoms with Gasteiger partial charge in [0.1, 0.15) is 11.5 Å². The first-order valence-electron chi connectivity index (χ1n) is 11.5. The predicted molar refractivity (Wildman–Crippen MR) is 121 cm³/mol. The first kappa shape index (κ1) is 25.5. The molecule has 0 spiro atoms. The number of Topliss-reactive ketones (excluding diaryl/α,β-unsaturated/α-hetero) is 1. The number of sulfonamides is 1. The zero-order valence-electron chi connectivity index (χ0n) is 19.0. The highest BCUT2D eigenvalue weighted by atomic mass is 32.2. The van der Waals surface area contributed by atoms with E-state index < -0.39 is 22.1 Å². The molecule has 11 heteroatoms. The Balaban J connectivity index is 1.24. The summed E-state index contributed by atoms with van der Waals surface area (Å²) in [7, 11) is -3.94. The third-order valence-corrected chi connectivity index (χ3v) is 7.39. The Morgan fingerprint density at radius 2 is 1.66 bits per heavy atom. The minimum atomic E-state index is -4.84. The second kappa shape index (κ2) is 10.5. The minimum Gasteiger partial charge on any atom is -0.494 e. The molecule has 2 aliphatic rings. The number of carbonyl (C=O) groups is 1. The number of carbonyl (C=O) groups excluding carboxylic acids is 1. The van der Waals surface area contributed by atoms with Gasteiger partial charge in [0.2, 0.25) is 0 Å². The van der Waals surface area contributed by atoms with Gasteiger partial charge in [-0.05, 0) is 87.1 Å². The predicted octanol–water partition coefficient (Wildman–Crippen LogP) is 4.69. The molecule has 2 aromatic carbocycles.